The fraction of sp³-hybridized carbons (Fsp3) is 0.345. The molecule has 55 heavy (non-hydrogen) atoms. The second-order valence-corrected chi connectivity index (χ2v) is 19.3. The summed E-state index contributed by atoms with van der Waals surface area (Å²) in [4.78, 5) is 0. The van der Waals surface area contributed by atoms with Crippen LogP contribution in [0.5, 0.6) is 0 Å². The van der Waals surface area contributed by atoms with Crippen molar-refractivity contribution in [2.75, 3.05) is 0 Å². The largest absolute Gasteiger partial charge is 0.0713 e. The van der Waals surface area contributed by atoms with Gasteiger partial charge in [-0.15, -0.1) is 0 Å². The van der Waals surface area contributed by atoms with E-state index < -0.39 is 5.41 Å². The topological polar surface area (TPSA) is 0 Å². The van der Waals surface area contributed by atoms with Gasteiger partial charge in [0.25, 0.3) is 0 Å². The SMILES string of the molecule is CC1(C)C2CCC(c3ccc(-c4cccc(C5(c6cccc(-c7ccc(C8CCC9CC8C9(C)C)cc7)c6)c6ccccc6-c6ccccc65)c4)cc3)C1C2. The van der Waals surface area contributed by atoms with Crippen molar-refractivity contribution in [2.45, 2.75) is 83.5 Å². The van der Waals surface area contributed by atoms with Crippen LogP contribution in [0, 0.1) is 34.5 Å². The minimum absolute atomic E-state index is 0.442. The fourth-order valence-corrected chi connectivity index (χ4v) is 13.2. The van der Waals surface area contributed by atoms with Crippen LogP contribution >= 0.6 is 0 Å². The Morgan fingerprint density at radius 3 is 1.22 bits per heavy atom. The Labute approximate surface area is 329 Å². The van der Waals surface area contributed by atoms with Crippen molar-refractivity contribution in [1.29, 1.82) is 0 Å². The molecule has 0 saturated heterocycles. The van der Waals surface area contributed by atoms with Crippen molar-refractivity contribution in [2.24, 2.45) is 34.5 Å². The van der Waals surface area contributed by atoms with E-state index in [1.165, 1.54) is 105 Å². The van der Waals surface area contributed by atoms with Crippen molar-refractivity contribution < 1.29 is 0 Å². The van der Waals surface area contributed by atoms with E-state index in [9.17, 15) is 0 Å². The monoisotopic (exact) mass is 714 g/mol. The predicted molar refractivity (Wildman–Crippen MR) is 229 cm³/mol. The average molecular weight is 715 g/mol. The quantitative estimate of drug-likeness (QED) is 0.161. The molecule has 0 N–H and O–H groups in total. The zero-order valence-corrected chi connectivity index (χ0v) is 33.1. The van der Waals surface area contributed by atoms with E-state index in [0.717, 1.165) is 23.7 Å². The molecule has 7 aliphatic carbocycles. The van der Waals surface area contributed by atoms with Gasteiger partial charge in [-0.3, -0.25) is 0 Å². The molecule has 0 nitrogen and oxygen atoms in total. The van der Waals surface area contributed by atoms with Crippen LogP contribution in [0.3, 0.4) is 0 Å². The lowest BCUT2D eigenvalue weighted by molar-refractivity contribution is -0.0805. The number of hydrogen-bond acceptors (Lipinski definition) is 0. The van der Waals surface area contributed by atoms with E-state index in [-0.39, 0.29) is 0 Å². The summed E-state index contributed by atoms with van der Waals surface area (Å²) in [6.07, 6.45) is 8.29. The van der Waals surface area contributed by atoms with E-state index >= 15 is 0 Å². The number of hydrogen-bond donors (Lipinski definition) is 0. The highest BCUT2D eigenvalue weighted by molar-refractivity contribution is 5.87. The predicted octanol–water partition coefficient (Wildman–Crippen LogP) is 14.5. The molecule has 0 amide bonds. The van der Waals surface area contributed by atoms with Crippen LogP contribution in [0.1, 0.15) is 111 Å². The highest BCUT2D eigenvalue weighted by atomic mass is 14.6. The zero-order valence-electron chi connectivity index (χ0n) is 33.1. The van der Waals surface area contributed by atoms with Gasteiger partial charge < -0.3 is 0 Å². The van der Waals surface area contributed by atoms with Crippen LogP contribution in [0.4, 0.5) is 0 Å². The van der Waals surface area contributed by atoms with Gasteiger partial charge in [-0.1, -0.05) is 161 Å². The van der Waals surface area contributed by atoms with Crippen molar-refractivity contribution in [3.63, 3.8) is 0 Å². The van der Waals surface area contributed by atoms with E-state index in [1.54, 1.807) is 0 Å². The number of fused-ring (bicyclic) bond motifs is 7. The molecular formula is C55H54. The molecule has 6 aromatic rings. The fourth-order valence-electron chi connectivity index (χ4n) is 13.2. The van der Waals surface area contributed by atoms with E-state index in [2.05, 4.69) is 173 Å². The van der Waals surface area contributed by atoms with Crippen molar-refractivity contribution in [1.82, 2.24) is 0 Å². The van der Waals surface area contributed by atoms with E-state index in [1.807, 2.05) is 0 Å². The molecule has 6 aromatic carbocycles. The van der Waals surface area contributed by atoms with Crippen molar-refractivity contribution in [3.05, 3.63) is 179 Å². The summed E-state index contributed by atoms with van der Waals surface area (Å²) in [5.41, 5.74) is 16.9. The summed E-state index contributed by atoms with van der Waals surface area (Å²) in [6.45, 7) is 10.1. The third-order valence-electron chi connectivity index (χ3n) is 16.6. The van der Waals surface area contributed by atoms with Crippen LogP contribution in [0.2, 0.25) is 0 Å². The Balaban J connectivity index is 0.998. The summed E-state index contributed by atoms with van der Waals surface area (Å²) in [5, 5.41) is 0. The van der Waals surface area contributed by atoms with Gasteiger partial charge in [-0.05, 0) is 164 Å². The standard InChI is InChI=1S/C55H54/c1-53(2)41-27-29-45(51(53)33-41)37-23-19-35(20-24-37)39-11-9-13-43(31-39)55(49-17-7-5-15-47(49)48-16-6-8-18-50(48)55)44-14-10-12-40(32-44)36-21-25-38(26-22-36)46-30-28-42-34-52(46)54(42,3)4/h5-26,31-32,41-42,45-46,51-52H,27-30,33-34H2,1-4H3. The smallest absolute Gasteiger partial charge is 0.0619 e. The third-order valence-corrected chi connectivity index (χ3v) is 16.6. The molecule has 0 heteroatoms. The van der Waals surface area contributed by atoms with Crippen LogP contribution in [-0.4, -0.2) is 0 Å². The number of rotatable bonds is 6. The van der Waals surface area contributed by atoms with Crippen molar-refractivity contribution in [3.8, 4) is 33.4 Å². The van der Waals surface area contributed by atoms with Gasteiger partial charge in [0.15, 0.2) is 0 Å². The molecule has 0 spiro atoms. The Bertz CT molecular complexity index is 2250. The first-order valence-electron chi connectivity index (χ1n) is 21.4. The molecule has 13 rings (SSSR count). The first-order valence-corrected chi connectivity index (χ1v) is 21.4. The van der Waals surface area contributed by atoms with Gasteiger partial charge >= 0.3 is 0 Å². The summed E-state index contributed by atoms with van der Waals surface area (Å²) in [5.74, 6) is 4.91. The lowest BCUT2D eigenvalue weighted by Crippen LogP contribution is -2.51. The maximum absolute atomic E-state index is 2.51. The first kappa shape index (κ1) is 33.6. The van der Waals surface area contributed by atoms with Gasteiger partial charge in [0.2, 0.25) is 0 Å². The summed E-state index contributed by atoms with van der Waals surface area (Å²) in [6, 6.07) is 56.7. The summed E-state index contributed by atoms with van der Waals surface area (Å²) >= 11 is 0. The molecule has 0 aromatic heterocycles. The molecule has 6 fully saturated rings. The highest BCUT2D eigenvalue weighted by Crippen LogP contribution is 2.65. The molecule has 6 atom stereocenters. The van der Waals surface area contributed by atoms with Gasteiger partial charge in [-0.2, -0.15) is 0 Å². The lowest BCUT2D eigenvalue weighted by atomic mass is 9.45. The second-order valence-electron chi connectivity index (χ2n) is 19.3. The Hall–Kier alpha value is -4.68. The van der Waals surface area contributed by atoms with Crippen molar-refractivity contribution >= 4 is 0 Å². The Morgan fingerprint density at radius 2 is 0.818 bits per heavy atom. The summed E-state index contributed by atoms with van der Waals surface area (Å²) < 4.78 is 0. The molecule has 0 heterocycles. The zero-order chi connectivity index (χ0) is 37.1. The minimum atomic E-state index is -0.442. The first-order chi connectivity index (χ1) is 26.7. The molecule has 4 bridgehead atoms. The molecule has 6 saturated carbocycles. The lowest BCUT2D eigenvalue weighted by Gasteiger charge is -2.60. The maximum atomic E-state index is 2.51. The van der Waals surface area contributed by atoms with Crippen LogP contribution in [-0.2, 0) is 5.41 Å². The molecule has 0 radical (unpaired) electrons. The van der Waals surface area contributed by atoms with E-state index in [4.69, 9.17) is 0 Å². The molecule has 274 valence electrons. The van der Waals surface area contributed by atoms with Crippen LogP contribution in [0.25, 0.3) is 33.4 Å². The van der Waals surface area contributed by atoms with Crippen LogP contribution < -0.4 is 0 Å². The molecule has 0 aliphatic heterocycles. The normalized spacial score (nSPS) is 27.3. The third kappa shape index (κ3) is 4.82. The Kier molecular flexibility index (Phi) is 7.44. The highest BCUT2D eigenvalue weighted by Gasteiger charge is 2.55. The molecule has 7 aliphatic rings. The van der Waals surface area contributed by atoms with Gasteiger partial charge in [-0.25, -0.2) is 0 Å². The summed E-state index contributed by atoms with van der Waals surface area (Å²) in [7, 11) is 0. The van der Waals surface area contributed by atoms with E-state index in [0.29, 0.717) is 22.7 Å². The maximum Gasteiger partial charge on any atom is 0.0713 e. The average Bonchev–Trinajstić information content (AvgIpc) is 3.55. The van der Waals surface area contributed by atoms with Gasteiger partial charge in [0.05, 0.1) is 5.41 Å². The number of benzene rings is 6. The molecular weight excluding hydrogens is 661 g/mol. The van der Waals surface area contributed by atoms with Gasteiger partial charge in [0.1, 0.15) is 0 Å². The minimum Gasteiger partial charge on any atom is -0.0619 e. The second kappa shape index (κ2) is 12.2. The Morgan fingerprint density at radius 1 is 0.400 bits per heavy atom. The van der Waals surface area contributed by atoms with Gasteiger partial charge in [0, 0.05) is 0 Å². The molecule has 6 unspecified atom stereocenters. The van der Waals surface area contributed by atoms with Crippen LogP contribution in [0.15, 0.2) is 146 Å².